The molecule has 0 aliphatic carbocycles. The fraction of sp³-hybridized carbons (Fsp3) is 0.609. The zero-order valence-corrected chi connectivity index (χ0v) is 49.3. The molecule has 0 fully saturated rings. The van der Waals surface area contributed by atoms with Crippen molar-refractivity contribution in [2.24, 2.45) is 26.2 Å². The van der Waals surface area contributed by atoms with Gasteiger partial charge in [-0.25, -0.2) is 0 Å². The van der Waals surface area contributed by atoms with Gasteiger partial charge in [0.05, 0.1) is 63.5 Å². The Bertz CT molecular complexity index is 2170. The van der Waals surface area contributed by atoms with E-state index in [9.17, 15) is 28.8 Å². The lowest BCUT2D eigenvalue weighted by molar-refractivity contribution is -0.118. The van der Waals surface area contributed by atoms with E-state index in [-0.39, 0.29) is 157 Å². The number of hydrogen-bond donors (Lipinski definition) is 6. The number of carbonyl (C=O) groups is 6. The zero-order chi connectivity index (χ0) is 58.8. The summed E-state index contributed by atoms with van der Waals surface area (Å²) in [6.07, 6.45) is 0. The van der Waals surface area contributed by atoms with Gasteiger partial charge in [-0.05, 0) is 120 Å². The highest BCUT2D eigenvalue weighted by Crippen LogP contribution is 2.13. The van der Waals surface area contributed by atoms with E-state index in [1.165, 1.54) is 12.1 Å². The Labute approximate surface area is 478 Å². The van der Waals surface area contributed by atoms with Crippen LogP contribution in [0, 0.1) is 0 Å². The van der Waals surface area contributed by atoms with Crippen molar-refractivity contribution in [2.45, 2.75) is 59.8 Å². The highest BCUT2D eigenvalue weighted by atomic mass is 79.9. The average Bonchev–Trinajstić information content (AvgIpc) is 3.43. The van der Waals surface area contributed by atoms with Crippen molar-refractivity contribution < 1.29 is 47.7 Å². The lowest BCUT2D eigenvalue weighted by Crippen LogP contribution is -2.36. The van der Waals surface area contributed by atoms with E-state index < -0.39 is 11.8 Å². The standard InChI is InChI=1S/C19H26BrN9O5.C17H25N9O4.C8H19N.C2H2Br2O/c20-12-17(30)25-13-14-9-15(18(31)23-1-5-33-7-3-26-28-21)11-16(10-14)19(32)24-2-6-34-8-4-27-29-22;18-12-13-9-14(16(27)21-1-5-29-7-3-23-25-19)11-15(10-13)17(28)22-2-6-30-8-4-24-26-20;1-6-9(7(2)3)8(4)5;3-1-2(4)5/h9-11H,1-8,12-13H2,(H,23,31)(H,24,32)(H,25,30);9-11H,1-8,12,18H2,(H,21,27)(H,22,28);7-8H,6H2,1-5H3;1H2. The van der Waals surface area contributed by atoms with Crippen molar-refractivity contribution in [1.82, 2.24) is 31.5 Å². The Morgan fingerprint density at radius 2 is 0.821 bits per heavy atom. The molecule has 29 nitrogen and oxygen atoms in total. The van der Waals surface area contributed by atoms with Gasteiger partial charge in [-0.15, -0.1) is 0 Å². The summed E-state index contributed by atoms with van der Waals surface area (Å²) in [4.78, 5) is 84.0. The quantitative estimate of drug-likeness (QED) is 0.0106. The van der Waals surface area contributed by atoms with Gasteiger partial charge in [0.25, 0.3) is 23.6 Å². The molecule has 2 rings (SSSR count). The summed E-state index contributed by atoms with van der Waals surface area (Å²) < 4.78 is 20.9. The molecule has 0 radical (unpaired) electrons. The number of azide groups is 4. The molecule has 0 unspecified atom stereocenters. The van der Waals surface area contributed by atoms with E-state index in [1.807, 2.05) is 0 Å². The summed E-state index contributed by atoms with van der Waals surface area (Å²) >= 11 is 8.67. The van der Waals surface area contributed by atoms with Gasteiger partial charge in [0.1, 0.15) is 0 Å². The van der Waals surface area contributed by atoms with Crippen LogP contribution in [-0.2, 0) is 41.6 Å². The number of rotatable bonds is 36. The summed E-state index contributed by atoms with van der Waals surface area (Å²) in [6, 6.07) is 10.7. The minimum Gasteiger partial charge on any atom is -0.379 e. The monoisotopic (exact) mass is 1290 g/mol. The van der Waals surface area contributed by atoms with Gasteiger partial charge in [-0.2, -0.15) is 0 Å². The highest BCUT2D eigenvalue weighted by molar-refractivity contribution is 9.19. The van der Waals surface area contributed by atoms with Crippen molar-refractivity contribution in [3.8, 4) is 0 Å². The molecule has 0 aliphatic heterocycles. The van der Waals surface area contributed by atoms with Gasteiger partial charge >= 0.3 is 0 Å². The summed E-state index contributed by atoms with van der Waals surface area (Å²) in [6.45, 7) is 16.4. The molecule has 32 heteroatoms. The molecule has 2 aromatic rings. The number of hydrogen-bond acceptors (Lipinski definition) is 16. The Morgan fingerprint density at radius 1 is 0.526 bits per heavy atom. The molecule has 0 aromatic heterocycles. The molecule has 0 spiro atoms. The first kappa shape index (κ1) is 74.0. The van der Waals surface area contributed by atoms with Crippen molar-refractivity contribution in [3.05, 3.63) is 112 Å². The van der Waals surface area contributed by atoms with Gasteiger partial charge in [0.2, 0.25) is 10.6 Å². The largest absolute Gasteiger partial charge is 0.379 e. The number of ether oxygens (including phenoxy) is 4. The number of benzene rings is 2. The second-order valence-electron chi connectivity index (χ2n) is 15.7. The third-order valence-electron chi connectivity index (χ3n) is 9.40. The van der Waals surface area contributed by atoms with Crippen LogP contribution in [0.4, 0.5) is 0 Å². The van der Waals surface area contributed by atoms with Crippen LogP contribution in [-0.4, -0.2) is 174 Å². The number of amides is 5. The average molecular weight is 1290 g/mol. The van der Waals surface area contributed by atoms with Crippen molar-refractivity contribution in [2.75, 3.05) is 122 Å². The SMILES string of the molecule is CCN(C(C)C)C(C)C.O=C(Br)CBr.[N-]=[N+]=NCCOCCNC(=O)c1cc(CN)cc(C(=O)NCCOCCN=[N+]=[N-])c1.[N-]=[N+]=NCCOCCNC(=O)c1cc(CNC(=O)CBr)cc(C(=O)NCCOCCN=[N+]=[N-])c1. The first-order valence-corrected chi connectivity index (χ1v) is 27.3. The second-order valence-corrected chi connectivity index (χ2v) is 17.8. The smallest absolute Gasteiger partial charge is 0.251 e. The van der Waals surface area contributed by atoms with Crippen LogP contribution in [0.5, 0.6) is 0 Å². The third kappa shape index (κ3) is 40.2. The van der Waals surface area contributed by atoms with Gasteiger partial charge in [0, 0.05) is 119 Å². The molecular weight excluding hydrogens is 1220 g/mol. The molecular formula is C46H72Br3N19O10. The Morgan fingerprint density at radius 3 is 1.04 bits per heavy atom. The first-order chi connectivity index (χ1) is 37.5. The van der Waals surface area contributed by atoms with Crippen LogP contribution < -0.4 is 32.3 Å². The van der Waals surface area contributed by atoms with Crippen molar-refractivity contribution >= 4 is 82.0 Å². The number of halogens is 3. The number of alkyl halides is 2. The maximum absolute atomic E-state index is 12.6. The zero-order valence-electron chi connectivity index (χ0n) is 44.6. The van der Waals surface area contributed by atoms with E-state index in [2.05, 4.69) is 154 Å². The molecule has 0 aliphatic rings. The van der Waals surface area contributed by atoms with E-state index in [4.69, 9.17) is 46.8 Å². The fourth-order valence-corrected chi connectivity index (χ4v) is 6.26. The van der Waals surface area contributed by atoms with E-state index in [0.717, 1.165) is 6.54 Å². The summed E-state index contributed by atoms with van der Waals surface area (Å²) in [7, 11) is 0. The highest BCUT2D eigenvalue weighted by Gasteiger charge is 2.15. The number of nitrogens with zero attached hydrogens (tertiary/aromatic N) is 13. The maximum Gasteiger partial charge on any atom is 0.251 e. The molecule has 2 aromatic carbocycles. The Kier molecular flexibility index (Phi) is 47.8. The lowest BCUT2D eigenvalue weighted by Gasteiger charge is -2.28. The van der Waals surface area contributed by atoms with Crippen LogP contribution >= 0.6 is 47.8 Å². The van der Waals surface area contributed by atoms with Crippen LogP contribution in [0.25, 0.3) is 41.8 Å². The van der Waals surface area contributed by atoms with Gasteiger partial charge in [0.15, 0.2) is 0 Å². The first-order valence-electron chi connectivity index (χ1n) is 24.3. The summed E-state index contributed by atoms with van der Waals surface area (Å²) in [5.74, 6) is -1.79. The molecule has 0 heterocycles. The fourth-order valence-electron chi connectivity index (χ4n) is 6.07. The van der Waals surface area contributed by atoms with Crippen LogP contribution in [0.1, 0.15) is 87.2 Å². The molecule has 0 saturated heterocycles. The minimum atomic E-state index is -0.414. The van der Waals surface area contributed by atoms with Gasteiger partial charge < -0.3 is 51.3 Å². The van der Waals surface area contributed by atoms with E-state index in [0.29, 0.717) is 39.7 Å². The van der Waals surface area contributed by atoms with Crippen LogP contribution in [0.15, 0.2) is 56.9 Å². The molecule has 7 N–H and O–H groups in total. The number of carbonyl (C=O) groups excluding carboxylic acids is 6. The van der Waals surface area contributed by atoms with E-state index >= 15 is 0 Å². The van der Waals surface area contributed by atoms with Gasteiger partial charge in [-0.1, -0.05) is 59.2 Å². The predicted molar refractivity (Wildman–Crippen MR) is 305 cm³/mol. The Balaban J connectivity index is 0. The second kappa shape index (κ2) is 50.4. The number of nitrogens with two attached hydrogens (primary N) is 1. The molecule has 5 amide bonds. The van der Waals surface area contributed by atoms with Crippen molar-refractivity contribution in [3.63, 3.8) is 0 Å². The number of nitrogens with one attached hydrogen (secondary N) is 5. The molecule has 0 saturated carbocycles. The molecule has 432 valence electrons. The van der Waals surface area contributed by atoms with Crippen LogP contribution in [0.2, 0.25) is 0 Å². The topological polar surface area (TPSA) is 424 Å². The van der Waals surface area contributed by atoms with Gasteiger partial charge in [-0.3, -0.25) is 33.7 Å². The molecule has 0 bridgehead atoms. The van der Waals surface area contributed by atoms with Crippen LogP contribution in [0.3, 0.4) is 0 Å². The normalized spacial score (nSPS) is 10.0. The predicted octanol–water partition coefficient (Wildman–Crippen LogP) is 6.50. The Hall–Kier alpha value is -6.10. The summed E-state index contributed by atoms with van der Waals surface area (Å²) in [5, 5.41) is 27.3. The summed E-state index contributed by atoms with van der Waals surface area (Å²) in [5.41, 5.74) is 40.7. The minimum absolute atomic E-state index is 0.0162. The third-order valence-corrected chi connectivity index (χ3v) is 11.5. The van der Waals surface area contributed by atoms with E-state index in [1.54, 1.807) is 24.3 Å². The molecule has 0 atom stereocenters. The lowest BCUT2D eigenvalue weighted by atomic mass is 10.0. The van der Waals surface area contributed by atoms with Crippen molar-refractivity contribution in [1.29, 1.82) is 0 Å². The molecule has 78 heavy (non-hydrogen) atoms. The maximum atomic E-state index is 12.6.